The van der Waals surface area contributed by atoms with Crippen molar-refractivity contribution in [1.29, 1.82) is 0 Å². The molecule has 0 spiro atoms. The van der Waals surface area contributed by atoms with Gasteiger partial charge in [-0.3, -0.25) is 0 Å². The Balaban J connectivity index is 3.11. The molecule has 0 aliphatic rings. The molecule has 0 fully saturated rings. The molecule has 0 saturated heterocycles. The Bertz CT molecular complexity index is 326. The molecule has 0 aliphatic heterocycles. The summed E-state index contributed by atoms with van der Waals surface area (Å²) < 4.78 is 10.4. The molecule has 2 atom stereocenters. The van der Waals surface area contributed by atoms with Gasteiger partial charge in [0.1, 0.15) is 11.5 Å². The van der Waals surface area contributed by atoms with E-state index in [2.05, 4.69) is 0 Å². The molecule has 4 heteroatoms. The van der Waals surface area contributed by atoms with Gasteiger partial charge in [0.25, 0.3) is 0 Å². The van der Waals surface area contributed by atoms with Crippen LogP contribution in [0.4, 0.5) is 0 Å². The summed E-state index contributed by atoms with van der Waals surface area (Å²) in [6.45, 7) is 1.86. The lowest BCUT2D eigenvalue weighted by molar-refractivity contribution is 0.392. The summed E-state index contributed by atoms with van der Waals surface area (Å²) >= 11 is 0. The third-order valence-electron chi connectivity index (χ3n) is 2.36. The minimum atomic E-state index is -0.255. The van der Waals surface area contributed by atoms with Crippen LogP contribution in [0.1, 0.15) is 18.5 Å². The maximum atomic E-state index is 5.98. The van der Waals surface area contributed by atoms with E-state index in [4.69, 9.17) is 20.9 Å². The minimum absolute atomic E-state index is 0.133. The Morgan fingerprint density at radius 2 is 1.80 bits per heavy atom. The first kappa shape index (κ1) is 11.8. The molecule has 0 radical (unpaired) electrons. The lowest BCUT2D eigenvalue weighted by Crippen LogP contribution is -2.31. The fourth-order valence-electron chi connectivity index (χ4n) is 1.38. The molecule has 0 amide bonds. The SMILES string of the molecule is COc1ccc(OC)c(C(N)C(C)N)c1. The van der Waals surface area contributed by atoms with Gasteiger partial charge in [0.05, 0.1) is 14.2 Å². The van der Waals surface area contributed by atoms with Gasteiger partial charge in [-0.25, -0.2) is 0 Å². The first-order valence-corrected chi connectivity index (χ1v) is 4.83. The topological polar surface area (TPSA) is 70.5 Å². The Hall–Kier alpha value is -1.26. The first-order chi connectivity index (χ1) is 7.10. The van der Waals surface area contributed by atoms with Crippen LogP contribution in [0.2, 0.25) is 0 Å². The molecule has 0 aliphatic carbocycles. The number of benzene rings is 1. The second kappa shape index (κ2) is 5.00. The highest BCUT2D eigenvalue weighted by atomic mass is 16.5. The summed E-state index contributed by atoms with van der Waals surface area (Å²) in [5.74, 6) is 1.49. The van der Waals surface area contributed by atoms with Crippen molar-refractivity contribution in [3.8, 4) is 11.5 Å². The zero-order chi connectivity index (χ0) is 11.4. The molecule has 4 nitrogen and oxygen atoms in total. The molecule has 84 valence electrons. The maximum Gasteiger partial charge on any atom is 0.123 e. The maximum absolute atomic E-state index is 5.98. The molecule has 0 saturated carbocycles. The van der Waals surface area contributed by atoms with Gasteiger partial charge < -0.3 is 20.9 Å². The third-order valence-corrected chi connectivity index (χ3v) is 2.36. The molecule has 2 unspecified atom stereocenters. The highest BCUT2D eigenvalue weighted by Crippen LogP contribution is 2.29. The van der Waals surface area contributed by atoms with E-state index >= 15 is 0 Å². The summed E-state index contributed by atoms with van der Waals surface area (Å²) in [4.78, 5) is 0. The van der Waals surface area contributed by atoms with E-state index in [-0.39, 0.29) is 12.1 Å². The Morgan fingerprint density at radius 3 is 2.27 bits per heavy atom. The van der Waals surface area contributed by atoms with Crippen LogP contribution in [-0.2, 0) is 0 Å². The van der Waals surface area contributed by atoms with E-state index in [1.165, 1.54) is 0 Å². The van der Waals surface area contributed by atoms with E-state index in [1.54, 1.807) is 14.2 Å². The Kier molecular flexibility index (Phi) is 3.94. The summed E-state index contributed by atoms with van der Waals surface area (Å²) in [5, 5.41) is 0. The zero-order valence-electron chi connectivity index (χ0n) is 9.36. The molecule has 4 N–H and O–H groups in total. The van der Waals surface area contributed by atoms with Gasteiger partial charge in [-0.2, -0.15) is 0 Å². The molecule has 0 bridgehead atoms. The Morgan fingerprint density at radius 1 is 1.13 bits per heavy atom. The predicted octanol–water partition coefficient (Wildman–Crippen LogP) is 1.05. The predicted molar refractivity (Wildman–Crippen MR) is 60.1 cm³/mol. The van der Waals surface area contributed by atoms with Crippen LogP contribution >= 0.6 is 0 Å². The van der Waals surface area contributed by atoms with Gasteiger partial charge >= 0.3 is 0 Å². The highest BCUT2D eigenvalue weighted by Gasteiger charge is 2.16. The smallest absolute Gasteiger partial charge is 0.123 e. The van der Waals surface area contributed by atoms with Crippen LogP contribution in [0.15, 0.2) is 18.2 Å². The highest BCUT2D eigenvalue weighted by molar-refractivity contribution is 5.42. The molecule has 1 rings (SSSR count). The van der Waals surface area contributed by atoms with Crippen LogP contribution in [0, 0.1) is 0 Å². The third kappa shape index (κ3) is 2.61. The monoisotopic (exact) mass is 210 g/mol. The van der Waals surface area contributed by atoms with Crippen molar-refractivity contribution in [2.45, 2.75) is 19.0 Å². The van der Waals surface area contributed by atoms with Crippen molar-refractivity contribution < 1.29 is 9.47 Å². The normalized spacial score (nSPS) is 14.5. The minimum Gasteiger partial charge on any atom is -0.497 e. The summed E-state index contributed by atoms with van der Waals surface area (Å²) in [7, 11) is 3.22. The average molecular weight is 210 g/mol. The number of methoxy groups -OCH3 is 2. The molecular formula is C11H18N2O2. The van der Waals surface area contributed by atoms with Crippen LogP contribution in [-0.4, -0.2) is 20.3 Å². The fourth-order valence-corrected chi connectivity index (χ4v) is 1.38. The standard InChI is InChI=1S/C11H18N2O2/c1-7(12)11(13)9-6-8(14-2)4-5-10(9)15-3/h4-7,11H,12-13H2,1-3H3. The van der Waals surface area contributed by atoms with Crippen molar-refractivity contribution in [3.05, 3.63) is 23.8 Å². The van der Waals surface area contributed by atoms with Crippen LogP contribution in [0.25, 0.3) is 0 Å². The van der Waals surface area contributed by atoms with E-state index in [0.717, 1.165) is 17.1 Å². The number of ether oxygens (including phenoxy) is 2. The van der Waals surface area contributed by atoms with Crippen LogP contribution < -0.4 is 20.9 Å². The summed E-state index contributed by atoms with van der Waals surface area (Å²) in [6, 6.07) is 5.13. The molecular weight excluding hydrogens is 192 g/mol. The van der Waals surface area contributed by atoms with E-state index in [1.807, 2.05) is 25.1 Å². The largest absolute Gasteiger partial charge is 0.497 e. The quantitative estimate of drug-likeness (QED) is 0.779. The number of rotatable bonds is 4. The molecule has 0 heterocycles. The van der Waals surface area contributed by atoms with Gasteiger partial charge in [-0.1, -0.05) is 0 Å². The second-order valence-electron chi connectivity index (χ2n) is 3.49. The average Bonchev–Trinajstić information content (AvgIpc) is 2.27. The Labute approximate surface area is 90.2 Å². The second-order valence-corrected chi connectivity index (χ2v) is 3.49. The van der Waals surface area contributed by atoms with Crippen molar-refractivity contribution in [3.63, 3.8) is 0 Å². The van der Waals surface area contributed by atoms with E-state index < -0.39 is 0 Å². The zero-order valence-corrected chi connectivity index (χ0v) is 9.36. The van der Waals surface area contributed by atoms with Gasteiger partial charge in [0.15, 0.2) is 0 Å². The van der Waals surface area contributed by atoms with Gasteiger partial charge in [0, 0.05) is 17.6 Å². The van der Waals surface area contributed by atoms with Gasteiger partial charge in [0.2, 0.25) is 0 Å². The van der Waals surface area contributed by atoms with Crippen molar-refractivity contribution in [2.24, 2.45) is 11.5 Å². The lowest BCUT2D eigenvalue weighted by atomic mass is 10.0. The summed E-state index contributed by atoms with van der Waals surface area (Å²) in [5.41, 5.74) is 12.6. The number of hydrogen-bond acceptors (Lipinski definition) is 4. The van der Waals surface area contributed by atoms with Crippen molar-refractivity contribution in [2.75, 3.05) is 14.2 Å². The van der Waals surface area contributed by atoms with Crippen LogP contribution in [0.3, 0.4) is 0 Å². The van der Waals surface area contributed by atoms with E-state index in [0.29, 0.717) is 0 Å². The molecule has 0 aromatic heterocycles. The van der Waals surface area contributed by atoms with Crippen molar-refractivity contribution in [1.82, 2.24) is 0 Å². The molecule has 1 aromatic carbocycles. The molecule has 1 aromatic rings. The van der Waals surface area contributed by atoms with Crippen molar-refractivity contribution >= 4 is 0 Å². The number of hydrogen-bond donors (Lipinski definition) is 2. The number of nitrogens with two attached hydrogens (primary N) is 2. The summed E-state index contributed by atoms with van der Waals surface area (Å²) in [6.07, 6.45) is 0. The van der Waals surface area contributed by atoms with Gasteiger partial charge in [-0.15, -0.1) is 0 Å². The van der Waals surface area contributed by atoms with E-state index in [9.17, 15) is 0 Å². The fraction of sp³-hybridized carbons (Fsp3) is 0.455. The van der Waals surface area contributed by atoms with Crippen LogP contribution in [0.5, 0.6) is 11.5 Å². The molecule has 15 heavy (non-hydrogen) atoms. The first-order valence-electron chi connectivity index (χ1n) is 4.83. The lowest BCUT2D eigenvalue weighted by Gasteiger charge is -2.19. The van der Waals surface area contributed by atoms with Gasteiger partial charge in [-0.05, 0) is 25.1 Å².